The number of pyridine rings is 1. The maximum atomic E-state index is 14.6. The minimum absolute atomic E-state index is 0.209. The van der Waals surface area contributed by atoms with Crippen LogP contribution in [0.4, 0.5) is 23.4 Å². The molecule has 1 aromatic carbocycles. The Bertz CT molecular complexity index is 1290. The minimum Gasteiger partial charge on any atom is -0.352 e. The number of hydrogen-bond acceptors (Lipinski definition) is 4. The van der Waals surface area contributed by atoms with Gasteiger partial charge in [-0.05, 0) is 32.8 Å². The third kappa shape index (κ3) is 3.74. The van der Waals surface area contributed by atoms with E-state index in [4.69, 9.17) is 6.42 Å². The smallest absolute Gasteiger partial charge is 0.352 e. The fourth-order valence-electron chi connectivity index (χ4n) is 3.51. The standard InChI is InChI=1S/C22H18F4N4O/c1-4-16(13-6-5-7-15(19(13)23)22(24,25)26)29-20-14-11-30(21(3)8-9-21)18(31)10-17(14)27-12(2)28-20/h1,5-7,10-11,16H,8-9H2,2-3H3,(H,27,28,29)/t16-/m1/s1. The van der Waals surface area contributed by atoms with Crippen LogP contribution in [0.25, 0.3) is 10.9 Å². The summed E-state index contributed by atoms with van der Waals surface area (Å²) in [7, 11) is 0. The van der Waals surface area contributed by atoms with Crippen LogP contribution in [0.15, 0.2) is 35.3 Å². The van der Waals surface area contributed by atoms with E-state index in [0.29, 0.717) is 22.8 Å². The highest BCUT2D eigenvalue weighted by atomic mass is 19.4. The zero-order chi connectivity index (χ0) is 22.6. The van der Waals surface area contributed by atoms with Gasteiger partial charge in [-0.1, -0.05) is 18.1 Å². The van der Waals surface area contributed by atoms with Crippen LogP contribution >= 0.6 is 0 Å². The summed E-state index contributed by atoms with van der Waals surface area (Å²) in [6.45, 7) is 3.55. The van der Waals surface area contributed by atoms with Crippen LogP contribution in [0, 0.1) is 25.1 Å². The first-order valence-electron chi connectivity index (χ1n) is 9.53. The molecule has 160 valence electrons. The maximum Gasteiger partial charge on any atom is 0.419 e. The number of aryl methyl sites for hydroxylation is 1. The number of terminal acetylenes is 1. The quantitative estimate of drug-likeness (QED) is 0.487. The number of nitrogens with one attached hydrogen (secondary N) is 1. The normalized spacial score (nSPS) is 16.0. The van der Waals surface area contributed by atoms with Gasteiger partial charge in [-0.25, -0.2) is 14.4 Å². The van der Waals surface area contributed by atoms with Crippen molar-refractivity contribution in [3.8, 4) is 12.3 Å². The second-order valence-corrected chi connectivity index (χ2v) is 7.85. The van der Waals surface area contributed by atoms with Crippen molar-refractivity contribution in [3.63, 3.8) is 0 Å². The molecule has 0 unspecified atom stereocenters. The van der Waals surface area contributed by atoms with E-state index in [2.05, 4.69) is 21.2 Å². The molecule has 0 spiro atoms. The zero-order valence-electron chi connectivity index (χ0n) is 16.7. The lowest BCUT2D eigenvalue weighted by Crippen LogP contribution is -2.27. The molecule has 3 aromatic rings. The van der Waals surface area contributed by atoms with Crippen LogP contribution in [0.1, 0.15) is 42.8 Å². The van der Waals surface area contributed by atoms with Gasteiger partial charge in [0.2, 0.25) is 0 Å². The van der Waals surface area contributed by atoms with Crippen molar-refractivity contribution < 1.29 is 17.6 Å². The van der Waals surface area contributed by atoms with Gasteiger partial charge in [-0.15, -0.1) is 6.42 Å². The Morgan fingerprint density at radius 1 is 1.29 bits per heavy atom. The van der Waals surface area contributed by atoms with E-state index in [1.165, 1.54) is 12.1 Å². The van der Waals surface area contributed by atoms with Crippen molar-refractivity contribution in [3.05, 3.63) is 63.6 Å². The minimum atomic E-state index is -4.85. The lowest BCUT2D eigenvalue weighted by molar-refractivity contribution is -0.140. The molecule has 4 rings (SSSR count). The van der Waals surface area contributed by atoms with Crippen LogP contribution in [-0.4, -0.2) is 14.5 Å². The largest absolute Gasteiger partial charge is 0.419 e. The van der Waals surface area contributed by atoms with E-state index in [1.54, 1.807) is 17.7 Å². The summed E-state index contributed by atoms with van der Waals surface area (Å²) in [4.78, 5) is 21.1. The third-order valence-electron chi connectivity index (χ3n) is 5.49. The Labute approximate surface area is 175 Å². The van der Waals surface area contributed by atoms with Crippen molar-refractivity contribution in [2.45, 2.75) is 44.4 Å². The molecular formula is C22H18F4N4O. The molecule has 2 heterocycles. The van der Waals surface area contributed by atoms with Gasteiger partial charge in [0, 0.05) is 23.4 Å². The van der Waals surface area contributed by atoms with E-state index < -0.39 is 23.6 Å². The molecule has 0 saturated heterocycles. The predicted octanol–water partition coefficient (Wildman–Crippen LogP) is 4.55. The van der Waals surface area contributed by atoms with Crippen molar-refractivity contribution in [2.75, 3.05) is 5.32 Å². The lowest BCUT2D eigenvalue weighted by atomic mass is 10.0. The molecule has 1 aliphatic rings. The average molecular weight is 430 g/mol. The highest BCUT2D eigenvalue weighted by Crippen LogP contribution is 2.42. The highest BCUT2D eigenvalue weighted by molar-refractivity contribution is 5.88. The molecule has 2 aromatic heterocycles. The van der Waals surface area contributed by atoms with E-state index in [0.717, 1.165) is 18.9 Å². The highest BCUT2D eigenvalue weighted by Gasteiger charge is 2.40. The topological polar surface area (TPSA) is 59.8 Å². The molecule has 31 heavy (non-hydrogen) atoms. The molecule has 1 saturated carbocycles. The van der Waals surface area contributed by atoms with Crippen molar-refractivity contribution in [2.24, 2.45) is 0 Å². The molecule has 1 aliphatic carbocycles. The number of anilines is 1. The summed E-state index contributed by atoms with van der Waals surface area (Å²) in [6, 6.07) is 3.11. The molecule has 0 aliphatic heterocycles. The second kappa shape index (κ2) is 7.08. The first-order valence-corrected chi connectivity index (χ1v) is 9.53. The van der Waals surface area contributed by atoms with Crippen LogP contribution in [0.5, 0.6) is 0 Å². The maximum absolute atomic E-state index is 14.6. The van der Waals surface area contributed by atoms with Gasteiger partial charge in [0.15, 0.2) is 0 Å². The van der Waals surface area contributed by atoms with Crippen LogP contribution in [0.3, 0.4) is 0 Å². The first-order chi connectivity index (χ1) is 14.5. The summed E-state index contributed by atoms with van der Waals surface area (Å²) in [6.07, 6.45) is 3.98. The van der Waals surface area contributed by atoms with Crippen LogP contribution in [-0.2, 0) is 11.7 Å². The first kappa shape index (κ1) is 20.8. The van der Waals surface area contributed by atoms with Crippen LogP contribution < -0.4 is 10.9 Å². The summed E-state index contributed by atoms with van der Waals surface area (Å²) in [5.74, 6) is 1.38. The van der Waals surface area contributed by atoms with Gasteiger partial charge in [0.1, 0.15) is 23.5 Å². The van der Waals surface area contributed by atoms with E-state index in [1.807, 2.05) is 6.92 Å². The monoisotopic (exact) mass is 430 g/mol. The van der Waals surface area contributed by atoms with Crippen LogP contribution in [0.2, 0.25) is 0 Å². The molecular weight excluding hydrogens is 412 g/mol. The number of aromatic nitrogens is 3. The Balaban J connectivity index is 1.82. The second-order valence-electron chi connectivity index (χ2n) is 7.85. The molecule has 1 N–H and O–H groups in total. The number of halogens is 4. The lowest BCUT2D eigenvalue weighted by Gasteiger charge is -2.20. The van der Waals surface area contributed by atoms with E-state index in [-0.39, 0.29) is 22.5 Å². The summed E-state index contributed by atoms with van der Waals surface area (Å²) < 4.78 is 55.6. The SMILES string of the molecule is C#C[C@@H](Nc1nc(C)nc2cc(=O)n(C3(C)CC3)cc12)c1cccc(C(F)(F)F)c1F. The van der Waals surface area contributed by atoms with Gasteiger partial charge in [0.05, 0.1) is 16.5 Å². The number of benzene rings is 1. The Morgan fingerprint density at radius 3 is 2.61 bits per heavy atom. The molecule has 0 amide bonds. The van der Waals surface area contributed by atoms with Gasteiger partial charge in [-0.3, -0.25) is 4.79 Å². The predicted molar refractivity (Wildman–Crippen MR) is 108 cm³/mol. The number of rotatable bonds is 4. The Morgan fingerprint density at radius 2 is 2.00 bits per heavy atom. The average Bonchev–Trinajstić information content (AvgIpc) is 3.43. The molecule has 0 radical (unpaired) electrons. The Kier molecular flexibility index (Phi) is 4.76. The fraction of sp³-hybridized carbons (Fsp3) is 0.318. The fourth-order valence-corrected chi connectivity index (χ4v) is 3.51. The van der Waals surface area contributed by atoms with Crippen molar-refractivity contribution in [1.29, 1.82) is 0 Å². The van der Waals surface area contributed by atoms with Gasteiger partial charge in [-0.2, -0.15) is 13.2 Å². The zero-order valence-corrected chi connectivity index (χ0v) is 16.7. The molecule has 1 atom stereocenters. The number of hydrogen-bond donors (Lipinski definition) is 1. The Hall–Kier alpha value is -3.41. The molecule has 5 nitrogen and oxygen atoms in total. The van der Waals surface area contributed by atoms with E-state index in [9.17, 15) is 22.4 Å². The van der Waals surface area contributed by atoms with Gasteiger partial charge in [0.25, 0.3) is 5.56 Å². The van der Waals surface area contributed by atoms with E-state index >= 15 is 0 Å². The molecule has 1 fully saturated rings. The molecule has 0 bridgehead atoms. The summed E-state index contributed by atoms with van der Waals surface area (Å²) in [5.41, 5.74) is -1.88. The summed E-state index contributed by atoms with van der Waals surface area (Å²) >= 11 is 0. The summed E-state index contributed by atoms with van der Waals surface area (Å²) in [5, 5.41) is 3.32. The molecule has 9 heteroatoms. The van der Waals surface area contributed by atoms with Gasteiger partial charge < -0.3 is 9.88 Å². The van der Waals surface area contributed by atoms with Crippen molar-refractivity contribution in [1.82, 2.24) is 14.5 Å². The van der Waals surface area contributed by atoms with Gasteiger partial charge >= 0.3 is 6.18 Å². The number of nitrogens with zero attached hydrogens (tertiary/aromatic N) is 3. The third-order valence-corrected chi connectivity index (χ3v) is 5.49. The van der Waals surface area contributed by atoms with Crippen molar-refractivity contribution >= 4 is 16.7 Å². The number of fused-ring (bicyclic) bond motifs is 1. The number of alkyl halides is 3.